The maximum Gasteiger partial charge on any atom is 0.354 e. The van der Waals surface area contributed by atoms with Crippen LogP contribution in [0.4, 0.5) is 22.7 Å². The molecule has 0 bridgehead atoms. The van der Waals surface area contributed by atoms with Crippen molar-refractivity contribution in [2.45, 2.75) is 19.3 Å². The molecule has 1 aromatic carbocycles. The molecule has 1 fully saturated rings. The van der Waals surface area contributed by atoms with Gasteiger partial charge in [-0.1, -0.05) is 0 Å². The number of hydrogen-bond donors (Lipinski definition) is 1. The smallest absolute Gasteiger partial charge is 0.354 e. The number of nitro benzene ring substituents is 2. The number of piperidine rings is 1. The van der Waals surface area contributed by atoms with Crippen LogP contribution in [-0.4, -0.2) is 49.1 Å². The highest BCUT2D eigenvalue weighted by Gasteiger charge is 2.29. The summed E-state index contributed by atoms with van der Waals surface area (Å²) in [4.78, 5) is 46.7. The molecule has 0 aromatic heterocycles. The van der Waals surface area contributed by atoms with E-state index >= 15 is 0 Å². The van der Waals surface area contributed by atoms with Gasteiger partial charge in [0.05, 0.1) is 36.2 Å². The molecule has 0 atom stereocenters. The van der Waals surface area contributed by atoms with E-state index in [-0.39, 0.29) is 11.4 Å². The second kappa shape index (κ2) is 9.48. The van der Waals surface area contributed by atoms with E-state index in [1.165, 1.54) is 6.07 Å². The number of carbonyl (C=O) groups excluding carboxylic acids is 2. The summed E-state index contributed by atoms with van der Waals surface area (Å²) in [7, 11) is 2.16. The van der Waals surface area contributed by atoms with Crippen molar-refractivity contribution in [2.75, 3.05) is 37.5 Å². The van der Waals surface area contributed by atoms with Crippen LogP contribution in [0.1, 0.15) is 19.3 Å². The summed E-state index contributed by atoms with van der Waals surface area (Å²) >= 11 is 0. The number of hydrogen-bond acceptors (Lipinski definition) is 10. The van der Waals surface area contributed by atoms with Crippen LogP contribution in [0, 0.1) is 20.2 Å². The first-order valence-electron chi connectivity index (χ1n) is 8.65. The van der Waals surface area contributed by atoms with E-state index in [2.05, 4.69) is 14.8 Å². The fourth-order valence-corrected chi connectivity index (χ4v) is 2.93. The van der Waals surface area contributed by atoms with Crippen LogP contribution in [-0.2, 0) is 19.1 Å². The van der Waals surface area contributed by atoms with E-state index in [4.69, 9.17) is 0 Å². The zero-order valence-corrected chi connectivity index (χ0v) is 15.9. The first-order chi connectivity index (χ1) is 13.8. The normalized spacial score (nSPS) is 14.1. The molecule has 1 aliphatic rings. The fourth-order valence-electron chi connectivity index (χ4n) is 2.93. The highest BCUT2D eigenvalue weighted by molar-refractivity contribution is 5.99. The molecular weight excluding hydrogens is 388 g/mol. The molecular formula is C17H20N4O8. The fraction of sp³-hybridized carbons (Fsp3) is 0.412. The monoisotopic (exact) mass is 408 g/mol. The van der Waals surface area contributed by atoms with Gasteiger partial charge in [-0.25, -0.2) is 9.59 Å². The maximum absolute atomic E-state index is 12.0. The Morgan fingerprint density at radius 3 is 2.17 bits per heavy atom. The number of nitro groups is 2. The molecule has 0 unspecified atom stereocenters. The number of benzene rings is 1. The van der Waals surface area contributed by atoms with E-state index in [1.54, 1.807) is 4.90 Å². The highest BCUT2D eigenvalue weighted by Crippen LogP contribution is 2.39. The number of esters is 2. The molecule has 1 heterocycles. The SMILES string of the molecule is COC(=O)/C=C(/Nc1cc(N2CCCCC2)c([N+](=O)[O-])cc1[N+](=O)[O-])C(=O)OC. The summed E-state index contributed by atoms with van der Waals surface area (Å²) in [6.07, 6.45) is 3.41. The van der Waals surface area contributed by atoms with Gasteiger partial charge in [0.2, 0.25) is 0 Å². The lowest BCUT2D eigenvalue weighted by atomic mass is 10.1. The van der Waals surface area contributed by atoms with Crippen molar-refractivity contribution < 1.29 is 28.9 Å². The second-order valence-corrected chi connectivity index (χ2v) is 6.12. The number of nitrogens with zero attached hydrogens (tertiary/aromatic N) is 3. The molecule has 0 amide bonds. The molecule has 0 aliphatic carbocycles. The van der Waals surface area contributed by atoms with Crippen molar-refractivity contribution in [2.24, 2.45) is 0 Å². The van der Waals surface area contributed by atoms with Crippen LogP contribution >= 0.6 is 0 Å². The van der Waals surface area contributed by atoms with Crippen LogP contribution < -0.4 is 10.2 Å². The number of methoxy groups -OCH3 is 2. The molecule has 12 nitrogen and oxygen atoms in total. The van der Waals surface area contributed by atoms with E-state index in [9.17, 15) is 29.8 Å². The zero-order chi connectivity index (χ0) is 21.6. The van der Waals surface area contributed by atoms with Gasteiger partial charge in [0.1, 0.15) is 17.1 Å². The summed E-state index contributed by atoms with van der Waals surface area (Å²) in [5.74, 6) is -1.86. The third-order valence-corrected chi connectivity index (χ3v) is 4.32. The predicted octanol–water partition coefficient (Wildman–Crippen LogP) is 2.14. The Labute approximate surface area is 165 Å². The average molecular weight is 408 g/mol. The second-order valence-electron chi connectivity index (χ2n) is 6.12. The Balaban J connectivity index is 2.59. The highest BCUT2D eigenvalue weighted by atomic mass is 16.6. The van der Waals surface area contributed by atoms with Gasteiger partial charge >= 0.3 is 11.9 Å². The number of anilines is 2. The first-order valence-corrected chi connectivity index (χ1v) is 8.65. The van der Waals surface area contributed by atoms with Crippen LogP contribution in [0.25, 0.3) is 0 Å². The molecule has 12 heteroatoms. The Morgan fingerprint density at radius 2 is 1.66 bits per heavy atom. The topological polar surface area (TPSA) is 154 Å². The van der Waals surface area contributed by atoms with E-state index in [1.807, 2.05) is 0 Å². The van der Waals surface area contributed by atoms with Crippen molar-refractivity contribution in [3.05, 3.63) is 44.1 Å². The van der Waals surface area contributed by atoms with Gasteiger partial charge in [-0.2, -0.15) is 0 Å². The Hall–Kier alpha value is -3.70. The Kier molecular flexibility index (Phi) is 7.06. The first kappa shape index (κ1) is 21.6. The van der Waals surface area contributed by atoms with Crippen LogP contribution in [0.15, 0.2) is 23.9 Å². The van der Waals surface area contributed by atoms with Crippen molar-refractivity contribution in [3.8, 4) is 0 Å². The van der Waals surface area contributed by atoms with Gasteiger partial charge in [0.25, 0.3) is 11.4 Å². The van der Waals surface area contributed by atoms with Crippen molar-refractivity contribution in [1.82, 2.24) is 0 Å². The average Bonchev–Trinajstić information content (AvgIpc) is 2.72. The molecule has 1 N–H and O–H groups in total. The zero-order valence-electron chi connectivity index (χ0n) is 15.9. The van der Waals surface area contributed by atoms with Crippen molar-refractivity contribution in [1.29, 1.82) is 0 Å². The van der Waals surface area contributed by atoms with Gasteiger partial charge in [-0.3, -0.25) is 20.2 Å². The number of ether oxygens (including phenoxy) is 2. The van der Waals surface area contributed by atoms with Gasteiger partial charge in [0, 0.05) is 13.1 Å². The summed E-state index contributed by atoms with van der Waals surface area (Å²) < 4.78 is 9.04. The molecule has 2 rings (SSSR count). The summed E-state index contributed by atoms with van der Waals surface area (Å²) in [6.45, 7) is 1.11. The minimum Gasteiger partial charge on any atom is -0.466 e. The molecule has 0 radical (unpaired) electrons. The number of rotatable bonds is 7. The molecule has 0 saturated carbocycles. The Morgan fingerprint density at radius 1 is 1.03 bits per heavy atom. The van der Waals surface area contributed by atoms with Crippen LogP contribution in [0.3, 0.4) is 0 Å². The Bertz CT molecular complexity index is 861. The summed E-state index contributed by atoms with van der Waals surface area (Å²) in [6, 6.07) is 2.06. The summed E-state index contributed by atoms with van der Waals surface area (Å²) in [5.41, 5.74) is -1.47. The molecule has 156 valence electrons. The lowest BCUT2D eigenvalue weighted by Gasteiger charge is -2.28. The number of nitrogens with one attached hydrogen (secondary N) is 1. The molecule has 1 saturated heterocycles. The molecule has 1 aliphatic heterocycles. The summed E-state index contributed by atoms with van der Waals surface area (Å²) in [5, 5.41) is 25.5. The third-order valence-electron chi connectivity index (χ3n) is 4.32. The van der Waals surface area contributed by atoms with Gasteiger partial charge in [-0.15, -0.1) is 0 Å². The van der Waals surface area contributed by atoms with Gasteiger partial charge in [-0.05, 0) is 25.3 Å². The van der Waals surface area contributed by atoms with Crippen molar-refractivity contribution >= 4 is 34.7 Å². The number of carbonyl (C=O) groups is 2. The predicted molar refractivity (Wildman–Crippen MR) is 102 cm³/mol. The lowest BCUT2D eigenvalue weighted by molar-refractivity contribution is -0.393. The molecule has 0 spiro atoms. The maximum atomic E-state index is 12.0. The van der Waals surface area contributed by atoms with Crippen LogP contribution in [0.2, 0.25) is 0 Å². The van der Waals surface area contributed by atoms with Crippen LogP contribution in [0.5, 0.6) is 0 Å². The largest absolute Gasteiger partial charge is 0.466 e. The van der Waals surface area contributed by atoms with Crippen molar-refractivity contribution in [3.63, 3.8) is 0 Å². The standard InChI is InChI=1S/C17H20N4O8/c1-28-16(22)9-12(17(23)29-2)18-11-8-14(19-6-4-3-5-7-19)15(21(26)27)10-13(11)20(24)25/h8-10,18H,3-7H2,1-2H3/b12-9+. The van der Waals surface area contributed by atoms with Gasteiger partial charge < -0.3 is 19.7 Å². The molecule has 29 heavy (non-hydrogen) atoms. The quantitative estimate of drug-likeness (QED) is 0.307. The van der Waals surface area contributed by atoms with E-state index in [0.717, 1.165) is 45.6 Å². The third kappa shape index (κ3) is 5.18. The van der Waals surface area contributed by atoms with Gasteiger partial charge in [0.15, 0.2) is 0 Å². The van der Waals surface area contributed by atoms with E-state index in [0.29, 0.717) is 13.1 Å². The minimum atomic E-state index is -0.970. The molecule has 1 aromatic rings. The van der Waals surface area contributed by atoms with E-state index < -0.39 is 38.9 Å². The minimum absolute atomic E-state index is 0.185. The lowest BCUT2D eigenvalue weighted by Crippen LogP contribution is -2.30.